The number of nitrogens with one attached hydrogen (secondary N) is 1. The molecule has 2 aliphatic rings. The number of ether oxygens (including phenoxy) is 1. The Morgan fingerprint density at radius 2 is 1.92 bits per heavy atom. The molecule has 1 fully saturated rings. The van der Waals surface area contributed by atoms with Crippen LogP contribution in [0.25, 0.3) is 0 Å². The first kappa shape index (κ1) is 19.0. The van der Waals surface area contributed by atoms with Crippen molar-refractivity contribution in [1.82, 2.24) is 10.2 Å². The lowest BCUT2D eigenvalue weighted by atomic mass is 9.78. The Balaban J connectivity index is 1.67. The van der Waals surface area contributed by atoms with Crippen LogP contribution in [0.2, 0.25) is 0 Å². The van der Waals surface area contributed by atoms with E-state index < -0.39 is 0 Å². The molecule has 0 aromatic heterocycles. The number of nitrogen functional groups attached to an aromatic ring is 1. The minimum absolute atomic E-state index is 0.0661. The summed E-state index contributed by atoms with van der Waals surface area (Å²) < 4.78 is 6.03. The van der Waals surface area contributed by atoms with Crippen molar-refractivity contribution < 1.29 is 9.53 Å². The van der Waals surface area contributed by atoms with Gasteiger partial charge in [-0.3, -0.25) is 4.79 Å². The van der Waals surface area contributed by atoms with Gasteiger partial charge in [-0.25, -0.2) is 0 Å². The number of hydrogen-bond donors (Lipinski definition) is 2. The van der Waals surface area contributed by atoms with Gasteiger partial charge in [-0.1, -0.05) is 19.3 Å². The molecule has 3 N–H and O–H groups in total. The maximum Gasteiger partial charge on any atom is 0.255 e. The topological polar surface area (TPSA) is 67.6 Å². The average Bonchev–Trinajstić information content (AvgIpc) is 2.92. The lowest BCUT2D eigenvalue weighted by molar-refractivity contribution is 0.0830. The van der Waals surface area contributed by atoms with E-state index in [1.54, 1.807) is 6.07 Å². The summed E-state index contributed by atoms with van der Waals surface area (Å²) >= 11 is 0. The number of hydrogen-bond acceptors (Lipinski definition) is 4. The number of amides is 1. The molecule has 1 aromatic carbocycles. The number of rotatable bonds is 5. The molecule has 26 heavy (non-hydrogen) atoms. The Morgan fingerprint density at radius 3 is 2.58 bits per heavy atom. The van der Waals surface area contributed by atoms with Gasteiger partial charge in [0.15, 0.2) is 0 Å². The normalized spacial score (nSPS) is 20.5. The third-order valence-electron chi connectivity index (χ3n) is 6.13. The number of carbonyl (C=O) groups is 1. The second-order valence-electron chi connectivity index (χ2n) is 8.73. The van der Waals surface area contributed by atoms with E-state index in [-0.39, 0.29) is 17.0 Å². The Kier molecular flexibility index (Phi) is 5.20. The summed E-state index contributed by atoms with van der Waals surface area (Å²) in [6.07, 6.45) is 8.02. The summed E-state index contributed by atoms with van der Waals surface area (Å²) in [5, 5.41) is 3.12. The first-order valence-corrected chi connectivity index (χ1v) is 9.80. The average molecular weight is 360 g/mol. The summed E-state index contributed by atoms with van der Waals surface area (Å²) in [5.74, 6) is 0.594. The summed E-state index contributed by atoms with van der Waals surface area (Å²) in [4.78, 5) is 15.1. The molecule has 1 amide bonds. The number of benzene rings is 1. The van der Waals surface area contributed by atoms with Gasteiger partial charge in [-0.15, -0.1) is 0 Å². The van der Waals surface area contributed by atoms with E-state index in [4.69, 9.17) is 10.5 Å². The number of nitrogens with zero attached hydrogens (tertiary/aromatic N) is 1. The quantitative estimate of drug-likeness (QED) is 0.791. The van der Waals surface area contributed by atoms with Crippen LogP contribution in [0.1, 0.15) is 68.3 Å². The van der Waals surface area contributed by atoms with Crippen LogP contribution in [0.15, 0.2) is 12.1 Å². The Hall–Kier alpha value is -1.75. The smallest absolute Gasteiger partial charge is 0.255 e. The summed E-state index contributed by atoms with van der Waals surface area (Å²) in [5.41, 5.74) is 8.25. The molecular formula is C21H33N3O2. The van der Waals surface area contributed by atoms with Gasteiger partial charge in [0, 0.05) is 29.8 Å². The molecule has 1 saturated carbocycles. The zero-order valence-corrected chi connectivity index (χ0v) is 16.7. The van der Waals surface area contributed by atoms with Gasteiger partial charge in [0.1, 0.15) is 11.4 Å². The molecule has 5 heteroatoms. The van der Waals surface area contributed by atoms with Gasteiger partial charge in [0.25, 0.3) is 5.91 Å². The van der Waals surface area contributed by atoms with Gasteiger partial charge >= 0.3 is 0 Å². The van der Waals surface area contributed by atoms with E-state index in [0.717, 1.165) is 18.4 Å². The first-order chi connectivity index (χ1) is 12.2. The van der Waals surface area contributed by atoms with Crippen molar-refractivity contribution in [2.45, 2.75) is 69.9 Å². The molecule has 3 rings (SSSR count). The third-order valence-corrected chi connectivity index (χ3v) is 6.13. The van der Waals surface area contributed by atoms with E-state index >= 15 is 0 Å². The zero-order valence-electron chi connectivity index (χ0n) is 16.7. The van der Waals surface area contributed by atoms with E-state index in [9.17, 15) is 4.79 Å². The number of anilines is 1. The van der Waals surface area contributed by atoms with E-state index in [1.165, 1.54) is 32.1 Å². The lowest BCUT2D eigenvalue weighted by Crippen LogP contribution is -2.48. The molecule has 0 unspecified atom stereocenters. The van der Waals surface area contributed by atoms with Crippen molar-refractivity contribution in [1.29, 1.82) is 0 Å². The van der Waals surface area contributed by atoms with Crippen molar-refractivity contribution in [3.63, 3.8) is 0 Å². The Labute approximate surface area is 157 Å². The van der Waals surface area contributed by atoms with Gasteiger partial charge in [0.05, 0.1) is 5.56 Å². The molecular weight excluding hydrogens is 326 g/mol. The summed E-state index contributed by atoms with van der Waals surface area (Å²) in [6, 6.07) is 3.61. The predicted octanol–water partition coefficient (Wildman–Crippen LogP) is 3.37. The Morgan fingerprint density at radius 1 is 1.23 bits per heavy atom. The molecule has 0 spiro atoms. The lowest BCUT2D eigenvalue weighted by Gasteiger charge is -2.43. The second kappa shape index (κ2) is 7.10. The van der Waals surface area contributed by atoms with Crippen LogP contribution in [-0.2, 0) is 6.42 Å². The van der Waals surface area contributed by atoms with Gasteiger partial charge < -0.3 is 20.7 Å². The largest absolute Gasteiger partial charge is 0.486 e. The maximum atomic E-state index is 12.8. The number of fused-ring (bicyclic) bond motifs is 1. The van der Waals surface area contributed by atoms with Gasteiger partial charge in [0.2, 0.25) is 0 Å². The summed E-state index contributed by atoms with van der Waals surface area (Å²) in [7, 11) is 4.33. The highest BCUT2D eigenvalue weighted by Crippen LogP contribution is 2.41. The molecule has 5 nitrogen and oxygen atoms in total. The fourth-order valence-electron chi connectivity index (χ4n) is 4.49. The molecule has 1 aliphatic carbocycles. The zero-order chi connectivity index (χ0) is 18.9. The number of nitrogens with two attached hydrogens (primary N) is 1. The van der Waals surface area contributed by atoms with E-state index in [2.05, 4.69) is 24.3 Å². The van der Waals surface area contributed by atoms with E-state index in [0.29, 0.717) is 23.5 Å². The fourth-order valence-corrected chi connectivity index (χ4v) is 4.49. The van der Waals surface area contributed by atoms with Crippen molar-refractivity contribution in [3.05, 3.63) is 23.3 Å². The first-order valence-electron chi connectivity index (χ1n) is 9.80. The SMILES string of the molecule is CN(C)C1(CCNC(=O)c2ccc(N)c3c2OC(C)(C)C3)CCCCC1. The van der Waals surface area contributed by atoms with Crippen LogP contribution in [0.5, 0.6) is 5.75 Å². The second-order valence-corrected chi connectivity index (χ2v) is 8.73. The monoisotopic (exact) mass is 359 g/mol. The van der Waals surface area contributed by atoms with Crippen LogP contribution >= 0.6 is 0 Å². The summed E-state index contributed by atoms with van der Waals surface area (Å²) in [6.45, 7) is 4.73. The van der Waals surface area contributed by atoms with Gasteiger partial charge in [-0.05, 0) is 59.3 Å². The number of carbonyl (C=O) groups excluding carboxylic acids is 1. The highest BCUT2D eigenvalue weighted by Gasteiger charge is 2.36. The predicted molar refractivity (Wildman–Crippen MR) is 106 cm³/mol. The molecule has 1 aromatic rings. The highest BCUT2D eigenvalue weighted by molar-refractivity contribution is 5.98. The van der Waals surface area contributed by atoms with Crippen LogP contribution in [0.3, 0.4) is 0 Å². The maximum absolute atomic E-state index is 12.8. The molecule has 0 atom stereocenters. The van der Waals surface area contributed by atoms with Crippen molar-refractivity contribution >= 4 is 11.6 Å². The fraction of sp³-hybridized carbons (Fsp3) is 0.667. The molecule has 0 bridgehead atoms. The van der Waals surface area contributed by atoms with Crippen LogP contribution in [0, 0.1) is 0 Å². The molecule has 144 valence electrons. The van der Waals surface area contributed by atoms with Crippen LogP contribution in [0.4, 0.5) is 5.69 Å². The van der Waals surface area contributed by atoms with Crippen molar-refractivity contribution in [2.24, 2.45) is 0 Å². The van der Waals surface area contributed by atoms with E-state index in [1.807, 2.05) is 19.9 Å². The molecule has 0 radical (unpaired) electrons. The van der Waals surface area contributed by atoms with Crippen molar-refractivity contribution in [2.75, 3.05) is 26.4 Å². The van der Waals surface area contributed by atoms with Gasteiger partial charge in [-0.2, -0.15) is 0 Å². The minimum Gasteiger partial charge on any atom is -0.486 e. The Bertz CT molecular complexity index is 676. The van der Waals surface area contributed by atoms with Crippen LogP contribution in [-0.4, -0.2) is 42.6 Å². The highest BCUT2D eigenvalue weighted by atomic mass is 16.5. The van der Waals surface area contributed by atoms with Crippen molar-refractivity contribution in [3.8, 4) is 5.75 Å². The molecule has 0 saturated heterocycles. The standard InChI is InChI=1S/C21H33N3O2/c1-20(2)14-16-17(22)9-8-15(18(16)26-20)19(25)23-13-12-21(24(3)4)10-6-5-7-11-21/h8-9H,5-7,10-14,22H2,1-4H3,(H,23,25). The van der Waals surface area contributed by atoms with Crippen LogP contribution < -0.4 is 15.8 Å². The third kappa shape index (κ3) is 3.68. The molecule has 1 heterocycles. The minimum atomic E-state index is -0.316. The molecule has 1 aliphatic heterocycles.